The van der Waals surface area contributed by atoms with Crippen LogP contribution in [-0.4, -0.2) is 28.7 Å². The van der Waals surface area contributed by atoms with E-state index in [1.807, 2.05) is 0 Å². The molecule has 1 aromatic carbocycles. The highest BCUT2D eigenvalue weighted by atomic mass is 19.1. The molecule has 1 spiro atoms. The lowest BCUT2D eigenvalue weighted by atomic mass is 9.82. The molecule has 1 saturated heterocycles. The van der Waals surface area contributed by atoms with Gasteiger partial charge in [-0.25, -0.2) is 9.18 Å². The normalized spacial score (nSPS) is 21.3. The van der Waals surface area contributed by atoms with Crippen LogP contribution in [0.5, 0.6) is 0 Å². The molecule has 110 valence electrons. The van der Waals surface area contributed by atoms with Crippen LogP contribution in [0, 0.1) is 5.82 Å². The second-order valence-corrected chi connectivity index (χ2v) is 5.46. The van der Waals surface area contributed by atoms with Crippen molar-refractivity contribution in [2.45, 2.75) is 37.6 Å². The third kappa shape index (κ3) is 2.41. The summed E-state index contributed by atoms with van der Waals surface area (Å²) in [7, 11) is 0. The monoisotopic (exact) mass is 289 g/mol. The maximum absolute atomic E-state index is 13.5. The van der Waals surface area contributed by atoms with Crippen molar-refractivity contribution in [3.8, 4) is 0 Å². The van der Waals surface area contributed by atoms with Crippen LogP contribution in [0.4, 0.5) is 9.18 Å². The number of nitrogens with one attached hydrogen (secondary N) is 1. The summed E-state index contributed by atoms with van der Waals surface area (Å²) in [4.78, 5) is 24.4. The Morgan fingerprint density at radius 1 is 1.19 bits per heavy atom. The van der Waals surface area contributed by atoms with Crippen LogP contribution in [0.3, 0.4) is 0 Å². The van der Waals surface area contributed by atoms with E-state index in [2.05, 4.69) is 10.4 Å². The van der Waals surface area contributed by atoms with Crippen LogP contribution in [0.1, 0.15) is 37.7 Å². The van der Waals surface area contributed by atoms with Crippen molar-refractivity contribution < 1.29 is 14.0 Å². The smallest absolute Gasteiger partial charge is 0.321 e. The van der Waals surface area contributed by atoms with Crippen molar-refractivity contribution in [3.05, 3.63) is 35.6 Å². The van der Waals surface area contributed by atoms with Gasteiger partial charge in [0.2, 0.25) is 0 Å². The van der Waals surface area contributed by atoms with Gasteiger partial charge < -0.3 is 5.32 Å². The van der Waals surface area contributed by atoms with Gasteiger partial charge in [-0.15, -0.1) is 5.01 Å². The average Bonchev–Trinajstić information content (AvgIpc) is 2.70. The maximum atomic E-state index is 13.5. The van der Waals surface area contributed by atoms with Gasteiger partial charge in [0.25, 0.3) is 5.91 Å². The lowest BCUT2D eigenvalue weighted by Gasteiger charge is -2.29. The fraction of sp³-hybridized carbons (Fsp3) is 0.400. The second kappa shape index (κ2) is 5.27. The number of hydrogen-bond acceptors (Lipinski definition) is 3. The van der Waals surface area contributed by atoms with Crippen LogP contribution in [-0.2, 0) is 4.79 Å². The van der Waals surface area contributed by atoms with E-state index in [4.69, 9.17) is 0 Å². The van der Waals surface area contributed by atoms with Crippen molar-refractivity contribution in [1.29, 1.82) is 0 Å². The number of amides is 3. The molecule has 1 aromatic rings. The number of hydrogen-bond donors (Lipinski definition) is 1. The average molecular weight is 289 g/mol. The first-order valence-corrected chi connectivity index (χ1v) is 7.08. The molecule has 3 amide bonds. The molecule has 0 bridgehead atoms. The number of benzene rings is 1. The van der Waals surface area contributed by atoms with Crippen molar-refractivity contribution >= 4 is 18.2 Å². The van der Waals surface area contributed by atoms with E-state index in [-0.39, 0.29) is 11.5 Å². The van der Waals surface area contributed by atoms with Gasteiger partial charge in [-0.2, -0.15) is 5.10 Å². The first-order valence-electron chi connectivity index (χ1n) is 7.08. The van der Waals surface area contributed by atoms with Crippen LogP contribution < -0.4 is 5.32 Å². The number of urea groups is 1. The van der Waals surface area contributed by atoms with E-state index < -0.39 is 17.4 Å². The quantitative estimate of drug-likeness (QED) is 0.671. The third-order valence-corrected chi connectivity index (χ3v) is 4.06. The molecule has 2 fully saturated rings. The molecule has 1 saturated carbocycles. The Hall–Kier alpha value is -2.24. The van der Waals surface area contributed by atoms with E-state index in [9.17, 15) is 14.0 Å². The van der Waals surface area contributed by atoms with E-state index in [0.29, 0.717) is 12.8 Å². The third-order valence-electron chi connectivity index (χ3n) is 4.06. The van der Waals surface area contributed by atoms with E-state index in [1.165, 1.54) is 18.3 Å². The Morgan fingerprint density at radius 2 is 1.90 bits per heavy atom. The number of rotatable bonds is 2. The number of hydrazone groups is 1. The molecule has 5 nitrogen and oxygen atoms in total. The number of imide groups is 1. The van der Waals surface area contributed by atoms with Gasteiger partial charge in [-0.1, -0.05) is 37.5 Å². The van der Waals surface area contributed by atoms with Crippen LogP contribution in [0.25, 0.3) is 0 Å². The maximum Gasteiger partial charge on any atom is 0.346 e. The molecule has 0 radical (unpaired) electrons. The largest absolute Gasteiger partial charge is 0.346 e. The zero-order chi connectivity index (χ0) is 14.9. The zero-order valence-corrected chi connectivity index (χ0v) is 11.5. The van der Waals surface area contributed by atoms with Gasteiger partial charge in [0, 0.05) is 5.56 Å². The molecule has 3 rings (SSSR count). The van der Waals surface area contributed by atoms with Gasteiger partial charge in [-0.05, 0) is 18.9 Å². The molecule has 6 heteroatoms. The van der Waals surface area contributed by atoms with Gasteiger partial charge in [0.15, 0.2) is 0 Å². The fourth-order valence-corrected chi connectivity index (χ4v) is 2.90. The number of halogens is 1. The van der Waals surface area contributed by atoms with Crippen LogP contribution in [0.15, 0.2) is 29.4 Å². The zero-order valence-electron chi connectivity index (χ0n) is 11.5. The topological polar surface area (TPSA) is 61.8 Å². The first-order chi connectivity index (χ1) is 10.1. The minimum atomic E-state index is -0.804. The molecule has 0 aromatic heterocycles. The minimum absolute atomic E-state index is 0.239. The molecule has 1 N–H and O–H groups in total. The number of nitrogens with zero attached hydrogens (tertiary/aromatic N) is 2. The van der Waals surface area contributed by atoms with E-state index >= 15 is 0 Å². The minimum Gasteiger partial charge on any atom is -0.321 e. The standard InChI is InChI=1S/C15H16FN3O2/c16-12-7-3-2-6-11(12)10-17-19-13(20)15(18-14(19)21)8-4-1-5-9-15/h2-3,6-7,10H,1,4-5,8-9H2,(H,18,21)/b17-10-. The molecular weight excluding hydrogens is 273 g/mol. The number of carbonyl (C=O) groups excluding carboxylic acids is 2. The highest BCUT2D eigenvalue weighted by Gasteiger charge is 2.51. The predicted octanol–water partition coefficient (Wildman–Crippen LogP) is 2.41. The highest BCUT2D eigenvalue weighted by molar-refractivity contribution is 6.07. The predicted molar refractivity (Wildman–Crippen MR) is 75.2 cm³/mol. The summed E-state index contributed by atoms with van der Waals surface area (Å²) in [5.41, 5.74) is -0.565. The Kier molecular flexibility index (Phi) is 3.45. The Morgan fingerprint density at radius 3 is 2.62 bits per heavy atom. The van der Waals surface area contributed by atoms with Crippen molar-refractivity contribution in [2.75, 3.05) is 0 Å². The summed E-state index contributed by atoms with van der Waals surface area (Å²) in [5.74, 6) is -0.777. The van der Waals surface area contributed by atoms with E-state index in [0.717, 1.165) is 24.3 Å². The van der Waals surface area contributed by atoms with Gasteiger partial charge in [0.1, 0.15) is 11.4 Å². The SMILES string of the molecule is O=C1NC2(CCCCC2)C(=O)N1/N=C\c1ccccc1F. The van der Waals surface area contributed by atoms with Gasteiger partial charge >= 0.3 is 6.03 Å². The fourth-order valence-electron chi connectivity index (χ4n) is 2.90. The van der Waals surface area contributed by atoms with Gasteiger partial charge in [0.05, 0.1) is 6.21 Å². The molecule has 2 aliphatic rings. The summed E-state index contributed by atoms with van der Waals surface area (Å²) in [6.07, 6.45) is 5.39. The molecular formula is C15H16FN3O2. The molecule has 21 heavy (non-hydrogen) atoms. The molecule has 0 unspecified atom stereocenters. The summed E-state index contributed by atoms with van der Waals surface area (Å²) in [6, 6.07) is 5.54. The summed E-state index contributed by atoms with van der Waals surface area (Å²) in [5, 5.41) is 7.44. The lowest BCUT2D eigenvalue weighted by molar-refractivity contribution is -0.132. The summed E-state index contributed by atoms with van der Waals surface area (Å²) in [6.45, 7) is 0. The first kappa shape index (κ1) is 13.7. The Bertz CT molecular complexity index is 609. The van der Waals surface area contributed by atoms with Crippen LogP contribution >= 0.6 is 0 Å². The number of carbonyl (C=O) groups is 2. The summed E-state index contributed by atoms with van der Waals surface area (Å²) >= 11 is 0. The van der Waals surface area contributed by atoms with Gasteiger partial charge in [-0.3, -0.25) is 4.79 Å². The highest BCUT2D eigenvalue weighted by Crippen LogP contribution is 2.33. The second-order valence-electron chi connectivity index (χ2n) is 5.46. The molecule has 1 aliphatic heterocycles. The Balaban J connectivity index is 1.81. The molecule has 0 atom stereocenters. The molecule has 1 aliphatic carbocycles. The van der Waals surface area contributed by atoms with Crippen molar-refractivity contribution in [3.63, 3.8) is 0 Å². The Labute approximate surface area is 121 Å². The summed E-state index contributed by atoms with van der Waals surface area (Å²) < 4.78 is 13.5. The van der Waals surface area contributed by atoms with Crippen molar-refractivity contribution in [2.24, 2.45) is 5.10 Å². The lowest BCUT2D eigenvalue weighted by Crippen LogP contribution is -2.48. The van der Waals surface area contributed by atoms with Crippen molar-refractivity contribution in [1.82, 2.24) is 10.3 Å². The van der Waals surface area contributed by atoms with E-state index in [1.54, 1.807) is 12.1 Å². The molecule has 1 heterocycles. The van der Waals surface area contributed by atoms with Crippen LogP contribution in [0.2, 0.25) is 0 Å².